The van der Waals surface area contributed by atoms with Crippen LogP contribution in [-0.4, -0.2) is 13.7 Å². The zero-order valence-corrected chi connectivity index (χ0v) is 13.8. The van der Waals surface area contributed by atoms with Gasteiger partial charge in [0.1, 0.15) is 5.75 Å². The minimum Gasteiger partial charge on any atom is -0.497 e. The van der Waals surface area contributed by atoms with Crippen molar-refractivity contribution in [3.05, 3.63) is 63.1 Å². The number of halogens is 2. The molecule has 0 spiro atoms. The maximum Gasteiger partial charge on any atom is 0.119 e. The first-order valence-corrected chi connectivity index (χ1v) is 7.65. The van der Waals surface area contributed by atoms with E-state index in [9.17, 15) is 0 Å². The average Bonchev–Trinajstić information content (AvgIpc) is 2.48. The third kappa shape index (κ3) is 3.54. The van der Waals surface area contributed by atoms with E-state index in [4.69, 9.17) is 16.3 Å². The first kappa shape index (κ1) is 15.4. The summed E-state index contributed by atoms with van der Waals surface area (Å²) in [7, 11) is 1.68. The quantitative estimate of drug-likeness (QED) is 0.832. The van der Waals surface area contributed by atoms with Crippen molar-refractivity contribution in [3.63, 3.8) is 0 Å². The molecule has 0 amide bonds. The molecule has 2 nitrogen and oxygen atoms in total. The Hall–Kier alpha value is -1.03. The Bertz CT molecular complexity index is 588. The molecule has 106 valence electrons. The van der Waals surface area contributed by atoms with E-state index in [1.807, 2.05) is 30.3 Å². The van der Waals surface area contributed by atoms with Crippen LogP contribution in [0.2, 0.25) is 5.02 Å². The van der Waals surface area contributed by atoms with Crippen molar-refractivity contribution in [1.82, 2.24) is 5.32 Å². The van der Waals surface area contributed by atoms with Crippen molar-refractivity contribution in [2.75, 3.05) is 13.7 Å². The largest absolute Gasteiger partial charge is 0.497 e. The lowest BCUT2D eigenvalue weighted by Crippen LogP contribution is -2.22. The summed E-state index contributed by atoms with van der Waals surface area (Å²) in [5, 5.41) is 4.20. The van der Waals surface area contributed by atoms with Gasteiger partial charge in [0.25, 0.3) is 0 Å². The molecule has 0 aliphatic heterocycles. The fourth-order valence-electron chi connectivity index (χ4n) is 2.15. The van der Waals surface area contributed by atoms with Gasteiger partial charge in [-0.05, 0) is 57.9 Å². The lowest BCUT2D eigenvalue weighted by molar-refractivity contribution is 0.413. The van der Waals surface area contributed by atoms with E-state index in [0.717, 1.165) is 27.9 Å². The molecule has 1 N–H and O–H groups in total. The van der Waals surface area contributed by atoms with Crippen LogP contribution >= 0.6 is 27.5 Å². The van der Waals surface area contributed by atoms with Crippen LogP contribution in [0.5, 0.6) is 5.75 Å². The van der Waals surface area contributed by atoms with E-state index in [1.165, 1.54) is 0 Å². The summed E-state index contributed by atoms with van der Waals surface area (Å²) >= 11 is 9.63. The van der Waals surface area contributed by atoms with E-state index in [0.29, 0.717) is 5.02 Å². The van der Waals surface area contributed by atoms with E-state index in [2.05, 4.69) is 40.3 Å². The molecule has 0 aliphatic carbocycles. The summed E-state index contributed by atoms with van der Waals surface area (Å²) in [6.45, 7) is 2.96. The monoisotopic (exact) mass is 353 g/mol. The van der Waals surface area contributed by atoms with Crippen LogP contribution in [0.1, 0.15) is 24.1 Å². The average molecular weight is 355 g/mol. The first-order chi connectivity index (χ1) is 9.65. The second-order valence-electron chi connectivity index (χ2n) is 4.44. The molecule has 0 saturated carbocycles. The van der Waals surface area contributed by atoms with Gasteiger partial charge in [-0.3, -0.25) is 0 Å². The molecular formula is C16H17BrClNO. The highest BCUT2D eigenvalue weighted by Gasteiger charge is 2.14. The van der Waals surface area contributed by atoms with Crippen molar-refractivity contribution in [3.8, 4) is 5.75 Å². The highest BCUT2D eigenvalue weighted by Crippen LogP contribution is 2.30. The molecule has 2 aromatic rings. The van der Waals surface area contributed by atoms with Crippen molar-refractivity contribution in [2.45, 2.75) is 13.0 Å². The Morgan fingerprint density at radius 2 is 1.95 bits per heavy atom. The topological polar surface area (TPSA) is 21.3 Å². The Kier molecular flexibility index (Phi) is 5.46. The van der Waals surface area contributed by atoms with Crippen LogP contribution in [0, 0.1) is 0 Å². The summed E-state index contributed by atoms with van der Waals surface area (Å²) in [5.74, 6) is 0.855. The van der Waals surface area contributed by atoms with Crippen molar-refractivity contribution in [2.24, 2.45) is 0 Å². The molecule has 20 heavy (non-hydrogen) atoms. The molecule has 2 rings (SSSR count). The van der Waals surface area contributed by atoms with E-state index < -0.39 is 0 Å². The maximum absolute atomic E-state index is 6.20. The summed E-state index contributed by atoms with van der Waals surface area (Å²) < 4.78 is 6.21. The minimum absolute atomic E-state index is 0.0979. The smallest absolute Gasteiger partial charge is 0.119 e. The van der Waals surface area contributed by atoms with Gasteiger partial charge in [0.05, 0.1) is 18.2 Å². The fourth-order valence-corrected chi connectivity index (χ4v) is 2.58. The molecule has 0 bridgehead atoms. The van der Waals surface area contributed by atoms with Crippen LogP contribution in [0.25, 0.3) is 0 Å². The molecule has 0 aliphatic rings. The normalized spacial score (nSPS) is 12.2. The van der Waals surface area contributed by atoms with Gasteiger partial charge in [-0.15, -0.1) is 0 Å². The summed E-state index contributed by atoms with van der Waals surface area (Å²) in [6, 6.07) is 14.2. The minimum atomic E-state index is 0.0979. The zero-order chi connectivity index (χ0) is 14.5. The third-order valence-electron chi connectivity index (χ3n) is 3.11. The molecule has 1 atom stereocenters. The van der Waals surface area contributed by atoms with Gasteiger partial charge in [-0.25, -0.2) is 0 Å². The van der Waals surface area contributed by atoms with Gasteiger partial charge < -0.3 is 10.1 Å². The standard InChI is InChI=1S/C16H17BrClNO/c1-3-19-16(11-5-4-6-13(9-11)20-2)12-7-8-14(17)15(18)10-12/h4-10,16,19H,3H2,1-2H3. The highest BCUT2D eigenvalue weighted by molar-refractivity contribution is 9.10. The van der Waals surface area contributed by atoms with Gasteiger partial charge in [0, 0.05) is 4.47 Å². The predicted molar refractivity (Wildman–Crippen MR) is 87.7 cm³/mol. The molecular weight excluding hydrogens is 338 g/mol. The Morgan fingerprint density at radius 3 is 2.60 bits per heavy atom. The van der Waals surface area contributed by atoms with Crippen LogP contribution in [0.4, 0.5) is 0 Å². The SMILES string of the molecule is CCNC(c1cccc(OC)c1)c1ccc(Br)c(Cl)c1. The number of rotatable bonds is 5. The number of ether oxygens (including phenoxy) is 1. The number of hydrogen-bond donors (Lipinski definition) is 1. The molecule has 4 heteroatoms. The number of nitrogens with one attached hydrogen (secondary N) is 1. The molecule has 0 heterocycles. The Labute approximate surface area is 133 Å². The van der Waals surface area contributed by atoms with Gasteiger partial charge in [-0.1, -0.05) is 36.7 Å². The molecule has 1 unspecified atom stereocenters. The van der Waals surface area contributed by atoms with Crippen molar-refractivity contribution >= 4 is 27.5 Å². The van der Waals surface area contributed by atoms with Gasteiger partial charge in [-0.2, -0.15) is 0 Å². The van der Waals surface area contributed by atoms with E-state index >= 15 is 0 Å². The van der Waals surface area contributed by atoms with Crippen molar-refractivity contribution < 1.29 is 4.74 Å². The maximum atomic E-state index is 6.20. The summed E-state index contributed by atoms with van der Waals surface area (Å²) in [5.41, 5.74) is 2.29. The Balaban J connectivity index is 2.41. The highest BCUT2D eigenvalue weighted by atomic mass is 79.9. The number of hydrogen-bond acceptors (Lipinski definition) is 2. The van der Waals surface area contributed by atoms with Crippen LogP contribution in [0.3, 0.4) is 0 Å². The van der Waals surface area contributed by atoms with Crippen LogP contribution in [0.15, 0.2) is 46.9 Å². The second-order valence-corrected chi connectivity index (χ2v) is 5.70. The lowest BCUT2D eigenvalue weighted by Gasteiger charge is -2.20. The zero-order valence-electron chi connectivity index (χ0n) is 11.5. The lowest BCUT2D eigenvalue weighted by atomic mass is 9.98. The van der Waals surface area contributed by atoms with Crippen LogP contribution in [-0.2, 0) is 0 Å². The Morgan fingerprint density at radius 1 is 1.20 bits per heavy atom. The molecule has 0 fully saturated rings. The molecule has 2 aromatic carbocycles. The fraction of sp³-hybridized carbons (Fsp3) is 0.250. The predicted octanol–water partition coefficient (Wildman–Crippen LogP) is 4.81. The number of benzene rings is 2. The van der Waals surface area contributed by atoms with Gasteiger partial charge in [0.2, 0.25) is 0 Å². The summed E-state index contributed by atoms with van der Waals surface area (Å²) in [4.78, 5) is 0. The van der Waals surface area contributed by atoms with Gasteiger partial charge >= 0.3 is 0 Å². The number of methoxy groups -OCH3 is 1. The molecule has 0 saturated heterocycles. The third-order valence-corrected chi connectivity index (χ3v) is 4.34. The molecule has 0 aromatic heterocycles. The van der Waals surface area contributed by atoms with Crippen molar-refractivity contribution in [1.29, 1.82) is 0 Å². The van der Waals surface area contributed by atoms with Crippen LogP contribution < -0.4 is 10.1 Å². The van der Waals surface area contributed by atoms with E-state index in [1.54, 1.807) is 7.11 Å². The molecule has 0 radical (unpaired) electrons. The first-order valence-electron chi connectivity index (χ1n) is 6.48. The second kappa shape index (κ2) is 7.11. The summed E-state index contributed by atoms with van der Waals surface area (Å²) in [6.07, 6.45) is 0. The van der Waals surface area contributed by atoms with Gasteiger partial charge in [0.15, 0.2) is 0 Å². The van der Waals surface area contributed by atoms with E-state index in [-0.39, 0.29) is 6.04 Å².